The normalized spacial score (nSPS) is 12.4. The molecule has 1 aromatic rings. The number of ketones is 1. The minimum atomic E-state index is -0.842. The fourth-order valence-electron chi connectivity index (χ4n) is 2.29. The van der Waals surface area contributed by atoms with Gasteiger partial charge in [0.2, 0.25) is 0 Å². The Bertz CT molecular complexity index is 839. The quantitative estimate of drug-likeness (QED) is 0.161. The van der Waals surface area contributed by atoms with E-state index in [1.807, 2.05) is 26.0 Å². The molecule has 0 aliphatic heterocycles. The van der Waals surface area contributed by atoms with E-state index in [1.165, 1.54) is 13.2 Å². The molecule has 152 valence electrons. The fourth-order valence-corrected chi connectivity index (χ4v) is 2.29. The van der Waals surface area contributed by atoms with E-state index in [4.69, 9.17) is 4.42 Å². The Kier molecular flexibility index (Phi) is 9.71. The van der Waals surface area contributed by atoms with Crippen LogP contribution in [0.1, 0.15) is 62.6 Å². The lowest BCUT2D eigenvalue weighted by molar-refractivity contribution is -0.139. The summed E-state index contributed by atoms with van der Waals surface area (Å²) in [5.74, 6) is -0.925. The molecule has 0 saturated carbocycles. The first kappa shape index (κ1) is 23.1. The number of carbonyl (C=O) groups is 2. The van der Waals surface area contributed by atoms with Crippen LogP contribution in [0.15, 0.2) is 50.7 Å². The van der Waals surface area contributed by atoms with Crippen LogP contribution in [-0.2, 0) is 16.0 Å². The molecule has 1 aromatic heterocycles. The number of aryl methyl sites for hydroxylation is 1. The lowest BCUT2D eigenvalue weighted by Crippen LogP contribution is -2.16. The lowest BCUT2D eigenvalue weighted by Gasteiger charge is -2.05. The Morgan fingerprint density at radius 2 is 1.93 bits per heavy atom. The molecule has 0 bridgehead atoms. The van der Waals surface area contributed by atoms with Gasteiger partial charge in [-0.25, -0.2) is 4.79 Å². The summed E-state index contributed by atoms with van der Waals surface area (Å²) in [4.78, 5) is 35.6. The molecule has 6 heteroatoms. The molecule has 0 radical (unpaired) electrons. The van der Waals surface area contributed by atoms with Gasteiger partial charge in [-0.2, -0.15) is 0 Å². The molecule has 0 atom stereocenters. The Morgan fingerprint density at radius 1 is 1.21 bits per heavy atom. The Morgan fingerprint density at radius 3 is 2.54 bits per heavy atom. The van der Waals surface area contributed by atoms with Crippen molar-refractivity contribution in [3.63, 3.8) is 0 Å². The van der Waals surface area contributed by atoms with Gasteiger partial charge in [0.25, 0.3) is 0 Å². The molecule has 0 fully saturated rings. The van der Waals surface area contributed by atoms with Crippen LogP contribution in [0.5, 0.6) is 5.75 Å². The van der Waals surface area contributed by atoms with Gasteiger partial charge in [0.1, 0.15) is 17.1 Å². The zero-order valence-electron chi connectivity index (χ0n) is 16.9. The standard InChI is InChI=1S/C22H28O6/c1-5-15(2)12-13-16(3)21(25)20-18(23)14-17(28-22(20)26)10-8-6-7-9-11-19(24)27-4/h7,9,12-14,23H,5-6,8,10-11H2,1-4H3/b9-7+,15-12+,16-13+. The summed E-state index contributed by atoms with van der Waals surface area (Å²) < 4.78 is 9.72. The van der Waals surface area contributed by atoms with Crippen molar-refractivity contribution in [1.29, 1.82) is 0 Å². The van der Waals surface area contributed by atoms with Crippen LogP contribution >= 0.6 is 0 Å². The van der Waals surface area contributed by atoms with Crippen LogP contribution in [0.3, 0.4) is 0 Å². The zero-order valence-corrected chi connectivity index (χ0v) is 16.9. The summed E-state index contributed by atoms with van der Waals surface area (Å²) in [7, 11) is 1.33. The molecule has 28 heavy (non-hydrogen) atoms. The van der Waals surface area contributed by atoms with Crippen molar-refractivity contribution in [2.75, 3.05) is 7.11 Å². The Labute approximate surface area is 165 Å². The Hall–Kier alpha value is -2.89. The van der Waals surface area contributed by atoms with Gasteiger partial charge in [-0.05, 0) is 38.7 Å². The van der Waals surface area contributed by atoms with E-state index in [0.29, 0.717) is 30.6 Å². The molecule has 0 unspecified atom stereocenters. The molecule has 0 aliphatic rings. The van der Waals surface area contributed by atoms with Crippen LogP contribution in [0, 0.1) is 0 Å². The highest BCUT2D eigenvalue weighted by Gasteiger charge is 2.20. The molecule has 0 spiro atoms. The minimum Gasteiger partial charge on any atom is -0.507 e. The summed E-state index contributed by atoms with van der Waals surface area (Å²) >= 11 is 0. The summed E-state index contributed by atoms with van der Waals surface area (Å²) in [6.07, 6.45) is 9.83. The fraction of sp³-hybridized carbons (Fsp3) is 0.409. The highest BCUT2D eigenvalue weighted by molar-refractivity contribution is 6.09. The van der Waals surface area contributed by atoms with Crippen molar-refractivity contribution in [3.8, 4) is 5.75 Å². The number of hydrogen-bond donors (Lipinski definition) is 1. The predicted molar refractivity (Wildman–Crippen MR) is 107 cm³/mol. The second-order valence-electron chi connectivity index (χ2n) is 6.45. The second kappa shape index (κ2) is 11.7. The largest absolute Gasteiger partial charge is 0.507 e. The number of ether oxygens (including phenoxy) is 1. The summed E-state index contributed by atoms with van der Waals surface area (Å²) in [5, 5.41) is 10.2. The van der Waals surface area contributed by atoms with Crippen LogP contribution in [-0.4, -0.2) is 24.0 Å². The molecular weight excluding hydrogens is 360 g/mol. The highest BCUT2D eigenvalue weighted by Crippen LogP contribution is 2.20. The number of methoxy groups -OCH3 is 1. The molecule has 0 amide bonds. The molecule has 1 rings (SSSR count). The van der Waals surface area contributed by atoms with Gasteiger partial charge in [-0.3, -0.25) is 9.59 Å². The molecule has 1 heterocycles. The average molecular weight is 388 g/mol. The maximum atomic E-state index is 12.4. The number of allylic oxidation sites excluding steroid dienone is 5. The third-order valence-electron chi connectivity index (χ3n) is 4.22. The van der Waals surface area contributed by atoms with E-state index >= 15 is 0 Å². The maximum absolute atomic E-state index is 12.4. The summed E-state index contributed by atoms with van der Waals surface area (Å²) in [5.41, 5.74) is 0.251. The van der Waals surface area contributed by atoms with E-state index in [0.717, 1.165) is 12.0 Å². The van der Waals surface area contributed by atoms with Gasteiger partial charge in [-0.15, -0.1) is 0 Å². The van der Waals surface area contributed by atoms with Gasteiger partial charge in [0.05, 0.1) is 13.5 Å². The number of unbranched alkanes of at least 4 members (excludes halogenated alkanes) is 1. The first-order valence-corrected chi connectivity index (χ1v) is 9.26. The lowest BCUT2D eigenvalue weighted by atomic mass is 10.0. The van der Waals surface area contributed by atoms with Gasteiger partial charge in [0.15, 0.2) is 5.78 Å². The van der Waals surface area contributed by atoms with Gasteiger partial charge < -0.3 is 14.3 Å². The SMILES string of the molecule is CC/C(C)=C/C=C(\C)C(=O)c1c(O)cc(CCC/C=C/CC(=O)OC)oc1=O. The number of carbonyl (C=O) groups excluding carboxylic acids is 2. The van der Waals surface area contributed by atoms with Crippen molar-refractivity contribution in [2.24, 2.45) is 0 Å². The van der Waals surface area contributed by atoms with E-state index in [9.17, 15) is 19.5 Å². The smallest absolute Gasteiger partial charge is 0.351 e. The topological polar surface area (TPSA) is 93.8 Å². The third-order valence-corrected chi connectivity index (χ3v) is 4.22. The molecule has 0 aromatic carbocycles. The van der Waals surface area contributed by atoms with Crippen LogP contribution < -0.4 is 5.63 Å². The van der Waals surface area contributed by atoms with E-state index in [1.54, 1.807) is 19.1 Å². The van der Waals surface area contributed by atoms with Crippen LogP contribution in [0.2, 0.25) is 0 Å². The first-order valence-electron chi connectivity index (χ1n) is 9.26. The number of Topliss-reactive ketones (excluding diaryl/α,β-unsaturated/α-hetero) is 1. The predicted octanol–water partition coefficient (Wildman–Crippen LogP) is 4.27. The van der Waals surface area contributed by atoms with Crippen molar-refractivity contribution in [2.45, 2.75) is 52.9 Å². The van der Waals surface area contributed by atoms with Crippen molar-refractivity contribution in [3.05, 3.63) is 63.3 Å². The van der Waals surface area contributed by atoms with Crippen LogP contribution in [0.25, 0.3) is 0 Å². The molecule has 6 nitrogen and oxygen atoms in total. The number of hydrogen-bond acceptors (Lipinski definition) is 6. The summed E-state index contributed by atoms with van der Waals surface area (Å²) in [6, 6.07) is 1.31. The maximum Gasteiger partial charge on any atom is 0.351 e. The Balaban J connectivity index is 2.78. The van der Waals surface area contributed by atoms with Crippen molar-refractivity contribution >= 4 is 11.8 Å². The molecule has 1 N–H and O–H groups in total. The second-order valence-corrected chi connectivity index (χ2v) is 6.45. The number of aromatic hydroxyl groups is 1. The zero-order chi connectivity index (χ0) is 21.1. The van der Waals surface area contributed by atoms with Crippen LogP contribution in [0.4, 0.5) is 0 Å². The van der Waals surface area contributed by atoms with Gasteiger partial charge >= 0.3 is 11.6 Å². The first-order chi connectivity index (χ1) is 13.3. The van der Waals surface area contributed by atoms with E-state index in [2.05, 4.69) is 4.74 Å². The minimum absolute atomic E-state index is 0.211. The number of rotatable bonds is 10. The molecular formula is C22H28O6. The highest BCUT2D eigenvalue weighted by atomic mass is 16.5. The van der Waals surface area contributed by atoms with Crippen molar-refractivity contribution in [1.82, 2.24) is 0 Å². The molecule has 0 aliphatic carbocycles. The van der Waals surface area contributed by atoms with E-state index < -0.39 is 11.4 Å². The van der Waals surface area contributed by atoms with Gasteiger partial charge in [-0.1, -0.05) is 36.8 Å². The monoisotopic (exact) mass is 388 g/mol. The molecule has 0 saturated heterocycles. The van der Waals surface area contributed by atoms with Gasteiger partial charge in [0, 0.05) is 12.5 Å². The number of esters is 1. The van der Waals surface area contributed by atoms with E-state index in [-0.39, 0.29) is 23.7 Å². The third kappa shape index (κ3) is 7.39. The average Bonchev–Trinajstić information content (AvgIpc) is 2.67. The van der Waals surface area contributed by atoms with Crippen molar-refractivity contribution < 1.29 is 23.8 Å². The summed E-state index contributed by atoms with van der Waals surface area (Å²) in [6.45, 7) is 5.54.